The Kier molecular flexibility index (Phi) is 5.50. The summed E-state index contributed by atoms with van der Waals surface area (Å²) in [7, 11) is -3.12. The molecule has 0 saturated carbocycles. The topological polar surface area (TPSA) is 115 Å². The van der Waals surface area contributed by atoms with Gasteiger partial charge in [0, 0.05) is 12.1 Å². The summed E-state index contributed by atoms with van der Waals surface area (Å²) in [5, 5.41) is 15.2. The van der Waals surface area contributed by atoms with Crippen LogP contribution in [0.25, 0.3) is 0 Å². The smallest absolute Gasteiger partial charge is 0.312 e. The minimum atomic E-state index is -3.12. The van der Waals surface area contributed by atoms with Crippen LogP contribution in [0.3, 0.4) is 0 Å². The number of amides is 1. The van der Waals surface area contributed by atoms with Crippen molar-refractivity contribution in [3.63, 3.8) is 0 Å². The van der Waals surface area contributed by atoms with Gasteiger partial charge in [0.05, 0.1) is 16.4 Å². The van der Waals surface area contributed by atoms with Gasteiger partial charge < -0.3 is 4.90 Å². The summed E-state index contributed by atoms with van der Waals surface area (Å²) in [6.07, 6.45) is 1.12. The van der Waals surface area contributed by atoms with Crippen LogP contribution in [-0.2, 0) is 21.2 Å². The van der Waals surface area contributed by atoms with E-state index in [4.69, 9.17) is 0 Å². The Morgan fingerprint density at radius 3 is 2.56 bits per heavy atom. The molecule has 0 N–H and O–H groups in total. The summed E-state index contributed by atoms with van der Waals surface area (Å²) < 4.78 is 24.9. The molecule has 2 heterocycles. The molecular weight excluding hydrogens is 348 g/mol. The predicted octanol–water partition coefficient (Wildman–Crippen LogP) is 1.22. The first-order chi connectivity index (χ1) is 11.6. The van der Waals surface area contributed by atoms with Gasteiger partial charge in [-0.2, -0.15) is 5.10 Å². The number of rotatable bonds is 6. The summed E-state index contributed by atoms with van der Waals surface area (Å²) >= 11 is 0. The van der Waals surface area contributed by atoms with Gasteiger partial charge in [0.1, 0.15) is 17.9 Å². The minimum absolute atomic E-state index is 0.0274. The summed E-state index contributed by atoms with van der Waals surface area (Å²) in [5.74, 6) is -0.208. The van der Waals surface area contributed by atoms with Gasteiger partial charge in [-0.1, -0.05) is 6.92 Å². The Bertz CT molecular complexity index is 786. The van der Waals surface area contributed by atoms with Gasteiger partial charge in [-0.25, -0.2) is 8.42 Å². The lowest BCUT2D eigenvalue weighted by Gasteiger charge is -2.33. The maximum Gasteiger partial charge on any atom is 0.312 e. The fraction of sp³-hybridized carbons (Fsp3) is 0.733. The molecule has 1 aromatic heterocycles. The van der Waals surface area contributed by atoms with E-state index in [9.17, 15) is 23.3 Å². The fourth-order valence-corrected chi connectivity index (χ4v) is 5.03. The van der Waals surface area contributed by atoms with Crippen LogP contribution >= 0.6 is 0 Å². The highest BCUT2D eigenvalue weighted by Crippen LogP contribution is 2.24. The Morgan fingerprint density at radius 1 is 1.48 bits per heavy atom. The molecule has 1 saturated heterocycles. The Morgan fingerprint density at radius 2 is 2.12 bits per heavy atom. The van der Waals surface area contributed by atoms with E-state index in [1.54, 1.807) is 11.8 Å². The molecule has 9 nitrogen and oxygen atoms in total. The number of carbonyl (C=O) groups is 1. The average Bonchev–Trinajstić information content (AvgIpc) is 2.98. The number of carbonyl (C=O) groups excluding carboxylic acids is 1. The van der Waals surface area contributed by atoms with Crippen LogP contribution < -0.4 is 0 Å². The number of hydrogen-bond donors (Lipinski definition) is 0. The molecule has 1 aliphatic heterocycles. The summed E-state index contributed by atoms with van der Waals surface area (Å²) in [6, 6.07) is -0.461. The molecule has 1 fully saturated rings. The summed E-state index contributed by atoms with van der Waals surface area (Å²) in [5.41, 5.74) is 0.485. The van der Waals surface area contributed by atoms with Crippen LogP contribution in [0.2, 0.25) is 0 Å². The van der Waals surface area contributed by atoms with Crippen LogP contribution in [0.15, 0.2) is 0 Å². The average molecular weight is 372 g/mol. The summed E-state index contributed by atoms with van der Waals surface area (Å²) in [4.78, 5) is 25.1. The standard InChI is InChI=1S/C15H24N4O5S/c1-5-10(2)18(13-6-7-25(23,24)9-13)14(20)8-17-12(4)15(19(21)22)11(3)16-17/h10,13H,5-9H2,1-4H3/t10-,13-/m1/s1. The van der Waals surface area contributed by atoms with Crippen molar-refractivity contribution in [1.29, 1.82) is 0 Å². The van der Waals surface area contributed by atoms with Gasteiger partial charge in [0.15, 0.2) is 9.84 Å². The number of nitrogens with zero attached hydrogens (tertiary/aromatic N) is 4. The Balaban J connectivity index is 2.27. The third-order valence-electron chi connectivity index (χ3n) is 4.77. The number of aromatic nitrogens is 2. The molecule has 0 bridgehead atoms. The Labute approximate surface area is 147 Å². The third kappa shape index (κ3) is 4.00. The normalized spacial score (nSPS) is 20.4. The van der Waals surface area contributed by atoms with Crippen LogP contribution in [0.4, 0.5) is 5.69 Å². The van der Waals surface area contributed by atoms with Crippen molar-refractivity contribution >= 4 is 21.4 Å². The number of aryl methyl sites for hydroxylation is 1. The molecule has 2 rings (SSSR count). The van der Waals surface area contributed by atoms with Gasteiger partial charge in [-0.15, -0.1) is 0 Å². The van der Waals surface area contributed by atoms with E-state index in [2.05, 4.69) is 5.10 Å². The zero-order chi connectivity index (χ0) is 18.9. The highest BCUT2D eigenvalue weighted by Gasteiger charge is 2.37. The zero-order valence-corrected chi connectivity index (χ0v) is 15.7. The van der Waals surface area contributed by atoms with Gasteiger partial charge in [0.2, 0.25) is 5.91 Å². The lowest BCUT2D eigenvalue weighted by atomic mass is 10.1. The van der Waals surface area contributed by atoms with Crippen molar-refractivity contribution in [3.8, 4) is 0 Å². The third-order valence-corrected chi connectivity index (χ3v) is 6.52. The first-order valence-electron chi connectivity index (χ1n) is 8.27. The van der Waals surface area contributed by atoms with E-state index >= 15 is 0 Å². The van der Waals surface area contributed by atoms with E-state index in [0.29, 0.717) is 18.5 Å². The quantitative estimate of drug-likeness (QED) is 0.548. The van der Waals surface area contributed by atoms with E-state index in [1.165, 1.54) is 11.6 Å². The van der Waals surface area contributed by atoms with Crippen LogP contribution in [0, 0.1) is 24.0 Å². The molecule has 1 aromatic rings. The number of sulfone groups is 1. The van der Waals surface area contributed by atoms with Crippen LogP contribution in [0.5, 0.6) is 0 Å². The van der Waals surface area contributed by atoms with Crippen molar-refractivity contribution in [3.05, 3.63) is 21.5 Å². The molecule has 0 spiro atoms. The zero-order valence-electron chi connectivity index (χ0n) is 14.9. The predicted molar refractivity (Wildman–Crippen MR) is 92.0 cm³/mol. The van der Waals surface area contributed by atoms with Gasteiger partial charge in [-0.05, 0) is 33.6 Å². The van der Waals surface area contributed by atoms with Crippen molar-refractivity contribution in [2.24, 2.45) is 0 Å². The first kappa shape index (κ1) is 19.4. The minimum Gasteiger partial charge on any atom is -0.334 e. The second-order valence-corrected chi connectivity index (χ2v) is 8.78. The molecule has 1 amide bonds. The lowest BCUT2D eigenvalue weighted by Crippen LogP contribution is -2.48. The first-order valence-corrected chi connectivity index (χ1v) is 10.1. The van der Waals surface area contributed by atoms with Crippen molar-refractivity contribution in [2.75, 3.05) is 11.5 Å². The molecule has 2 atom stereocenters. The van der Waals surface area contributed by atoms with Crippen molar-refractivity contribution in [1.82, 2.24) is 14.7 Å². The van der Waals surface area contributed by atoms with E-state index in [1.807, 2.05) is 13.8 Å². The molecule has 25 heavy (non-hydrogen) atoms. The lowest BCUT2D eigenvalue weighted by molar-refractivity contribution is -0.386. The van der Waals surface area contributed by atoms with Crippen LogP contribution in [0.1, 0.15) is 38.1 Å². The maximum atomic E-state index is 12.9. The monoisotopic (exact) mass is 372 g/mol. The molecule has 0 aliphatic carbocycles. The second kappa shape index (κ2) is 7.11. The van der Waals surface area contributed by atoms with E-state index in [-0.39, 0.29) is 47.4 Å². The van der Waals surface area contributed by atoms with E-state index < -0.39 is 14.8 Å². The van der Waals surface area contributed by atoms with Crippen molar-refractivity contribution < 1.29 is 18.1 Å². The second-order valence-electron chi connectivity index (χ2n) is 6.55. The molecular formula is C15H24N4O5S. The molecule has 0 aromatic carbocycles. The van der Waals surface area contributed by atoms with Gasteiger partial charge >= 0.3 is 5.69 Å². The largest absolute Gasteiger partial charge is 0.334 e. The molecule has 140 valence electrons. The fourth-order valence-electron chi connectivity index (χ4n) is 3.32. The SMILES string of the molecule is CC[C@@H](C)N(C(=O)Cn1nc(C)c([N+](=O)[O-])c1C)[C@@H]1CCS(=O)(=O)C1. The molecule has 0 unspecified atom stereocenters. The molecule has 10 heteroatoms. The number of nitro groups is 1. The van der Waals surface area contributed by atoms with Gasteiger partial charge in [0.25, 0.3) is 0 Å². The highest BCUT2D eigenvalue weighted by molar-refractivity contribution is 7.91. The maximum absolute atomic E-state index is 12.9. The molecule has 1 aliphatic rings. The van der Waals surface area contributed by atoms with Crippen LogP contribution in [-0.4, -0.2) is 57.5 Å². The van der Waals surface area contributed by atoms with Crippen molar-refractivity contribution in [2.45, 2.75) is 59.2 Å². The summed E-state index contributed by atoms with van der Waals surface area (Å²) in [6.45, 7) is 6.76. The van der Waals surface area contributed by atoms with E-state index in [0.717, 1.165) is 0 Å². The highest BCUT2D eigenvalue weighted by atomic mass is 32.2. The Hall–Kier alpha value is -1.97. The number of hydrogen-bond acceptors (Lipinski definition) is 6. The van der Waals surface area contributed by atoms with Gasteiger partial charge in [-0.3, -0.25) is 19.6 Å². The molecule has 0 radical (unpaired) electrons.